The number of ether oxygens (including phenoxy) is 3. The summed E-state index contributed by atoms with van der Waals surface area (Å²) in [5.74, 6) is -0.0852. The first-order chi connectivity index (χ1) is 23.2. The Bertz CT molecular complexity index is 1780. The van der Waals surface area contributed by atoms with Crippen LogP contribution in [0.5, 0.6) is 17.2 Å². The molecule has 0 bridgehead atoms. The van der Waals surface area contributed by atoms with Gasteiger partial charge in [0, 0.05) is 11.3 Å². The molecule has 1 aromatic heterocycles. The summed E-state index contributed by atoms with van der Waals surface area (Å²) in [6.45, 7) is 7.34. The third-order valence-electron chi connectivity index (χ3n) is 7.71. The maximum absolute atomic E-state index is 14.2. The van der Waals surface area contributed by atoms with E-state index in [4.69, 9.17) is 14.2 Å². The fraction of sp³-hybridized carbons (Fsp3) is 0.333. The van der Waals surface area contributed by atoms with Gasteiger partial charge in [0.05, 0.1) is 31.9 Å². The second-order valence-electron chi connectivity index (χ2n) is 11.6. The molecule has 0 unspecified atom stereocenters. The number of Topliss-reactive ketones (excluding diaryl/α,β-unsaturated/α-hetero) is 1. The standard InChI is InChI=1S/C36H38FN3O6S2/c1-5-6-18-45-26-14-11-23(12-15-26)32(41)30-31(24-13-16-28(29(20-24)44-4)46-19-17-22(2)3)40(34(43)33(30)42)35-38-39-36(48-35)47-21-25-9-7-8-10-27(25)37/h7-16,20,22,31,41H,5-6,17-19,21H2,1-4H3/t31-/m0/s1. The number of nitrogens with zero attached hydrogens (tertiary/aromatic N) is 3. The van der Waals surface area contributed by atoms with Gasteiger partial charge >= 0.3 is 5.91 Å². The van der Waals surface area contributed by atoms with Crippen molar-refractivity contribution in [2.75, 3.05) is 25.2 Å². The lowest BCUT2D eigenvalue weighted by atomic mass is 9.95. The number of halogens is 1. The highest BCUT2D eigenvalue weighted by Gasteiger charge is 2.48. The molecule has 0 aliphatic carbocycles. The molecule has 252 valence electrons. The molecule has 5 rings (SSSR count). The predicted molar refractivity (Wildman–Crippen MR) is 185 cm³/mol. The average Bonchev–Trinajstić information content (AvgIpc) is 3.66. The van der Waals surface area contributed by atoms with Crippen LogP contribution < -0.4 is 19.1 Å². The molecule has 0 saturated carbocycles. The topological polar surface area (TPSA) is 111 Å². The number of benzene rings is 3. The summed E-state index contributed by atoms with van der Waals surface area (Å²) in [4.78, 5) is 28.7. The fourth-order valence-corrected chi connectivity index (χ4v) is 6.89. The molecular weight excluding hydrogens is 654 g/mol. The van der Waals surface area contributed by atoms with Gasteiger partial charge in [-0.15, -0.1) is 10.2 Å². The van der Waals surface area contributed by atoms with E-state index in [-0.39, 0.29) is 22.3 Å². The minimum Gasteiger partial charge on any atom is -0.507 e. The number of aromatic nitrogens is 2. The molecule has 0 spiro atoms. The predicted octanol–water partition coefficient (Wildman–Crippen LogP) is 8.21. The van der Waals surface area contributed by atoms with Crippen molar-refractivity contribution in [2.24, 2.45) is 5.92 Å². The average molecular weight is 692 g/mol. The van der Waals surface area contributed by atoms with E-state index in [0.717, 1.165) is 30.6 Å². The number of rotatable bonds is 15. The van der Waals surface area contributed by atoms with Crippen LogP contribution in [0.1, 0.15) is 62.8 Å². The van der Waals surface area contributed by atoms with Gasteiger partial charge in [0.1, 0.15) is 17.3 Å². The molecule has 48 heavy (non-hydrogen) atoms. The molecular formula is C36H38FN3O6S2. The molecule has 4 aromatic rings. The summed E-state index contributed by atoms with van der Waals surface area (Å²) < 4.78 is 32.1. The minimum absolute atomic E-state index is 0.106. The lowest BCUT2D eigenvalue weighted by molar-refractivity contribution is -0.132. The smallest absolute Gasteiger partial charge is 0.301 e. The first-order valence-electron chi connectivity index (χ1n) is 15.8. The molecule has 0 radical (unpaired) electrons. The van der Waals surface area contributed by atoms with Crippen molar-refractivity contribution in [1.29, 1.82) is 0 Å². The van der Waals surface area contributed by atoms with Gasteiger partial charge in [-0.25, -0.2) is 4.39 Å². The van der Waals surface area contributed by atoms with Gasteiger partial charge in [-0.1, -0.05) is 74.6 Å². The summed E-state index contributed by atoms with van der Waals surface area (Å²) in [6, 6.07) is 17.3. The first kappa shape index (κ1) is 34.9. The van der Waals surface area contributed by atoms with Crippen LogP contribution in [0.2, 0.25) is 0 Å². The van der Waals surface area contributed by atoms with E-state index >= 15 is 0 Å². The van der Waals surface area contributed by atoms with Crippen molar-refractivity contribution in [1.82, 2.24) is 10.2 Å². The highest BCUT2D eigenvalue weighted by Crippen LogP contribution is 2.45. The lowest BCUT2D eigenvalue weighted by Crippen LogP contribution is -2.29. The number of hydrogen-bond acceptors (Lipinski definition) is 10. The summed E-state index contributed by atoms with van der Waals surface area (Å²) in [5.41, 5.74) is 1.24. The number of aliphatic hydroxyl groups excluding tert-OH is 1. The van der Waals surface area contributed by atoms with E-state index in [1.807, 2.05) is 0 Å². The third kappa shape index (κ3) is 7.99. The van der Waals surface area contributed by atoms with Crippen LogP contribution in [0, 0.1) is 11.7 Å². The number of amides is 1. The van der Waals surface area contributed by atoms with E-state index in [2.05, 4.69) is 31.0 Å². The van der Waals surface area contributed by atoms with Gasteiger partial charge < -0.3 is 19.3 Å². The Kier molecular flexibility index (Phi) is 11.7. The maximum Gasteiger partial charge on any atom is 0.301 e. The van der Waals surface area contributed by atoms with E-state index in [1.165, 1.54) is 29.8 Å². The quantitative estimate of drug-likeness (QED) is 0.0329. The highest BCUT2D eigenvalue weighted by atomic mass is 32.2. The van der Waals surface area contributed by atoms with E-state index < -0.39 is 17.7 Å². The molecule has 12 heteroatoms. The van der Waals surface area contributed by atoms with E-state index in [1.54, 1.807) is 60.7 Å². The summed E-state index contributed by atoms with van der Waals surface area (Å²) in [7, 11) is 1.51. The third-order valence-corrected chi connectivity index (χ3v) is 9.81. The van der Waals surface area contributed by atoms with Crippen molar-refractivity contribution in [2.45, 2.75) is 56.2 Å². The number of methoxy groups -OCH3 is 1. The fourth-order valence-electron chi connectivity index (χ4n) is 5.04. The number of unbranched alkanes of at least 4 members (excludes halogenated alkanes) is 1. The van der Waals surface area contributed by atoms with Crippen LogP contribution in [0.15, 0.2) is 76.6 Å². The van der Waals surface area contributed by atoms with Crippen molar-refractivity contribution in [3.05, 3.63) is 94.8 Å². The second-order valence-corrected chi connectivity index (χ2v) is 13.7. The van der Waals surface area contributed by atoms with Gasteiger partial charge in [-0.2, -0.15) is 0 Å². The van der Waals surface area contributed by atoms with Crippen LogP contribution in [0.4, 0.5) is 9.52 Å². The van der Waals surface area contributed by atoms with Crippen molar-refractivity contribution < 1.29 is 33.3 Å². The molecule has 2 heterocycles. The minimum atomic E-state index is -1.05. The number of aliphatic hydroxyl groups is 1. The molecule has 3 aromatic carbocycles. The molecule has 9 nitrogen and oxygen atoms in total. The van der Waals surface area contributed by atoms with Crippen LogP contribution >= 0.6 is 23.1 Å². The number of anilines is 1. The Hall–Kier alpha value is -4.42. The van der Waals surface area contributed by atoms with Crippen LogP contribution in [0.3, 0.4) is 0 Å². The van der Waals surface area contributed by atoms with Gasteiger partial charge in [-0.3, -0.25) is 14.5 Å². The molecule has 1 aliphatic heterocycles. The van der Waals surface area contributed by atoms with Gasteiger partial charge in [0.15, 0.2) is 15.8 Å². The SMILES string of the molecule is CCCCOc1ccc(C(O)=C2C(=O)C(=O)N(c3nnc(SCc4ccccc4F)s3)[C@H]2c2ccc(OCCC(C)C)c(OC)c2)cc1. The van der Waals surface area contributed by atoms with Crippen LogP contribution in [-0.2, 0) is 15.3 Å². The number of carbonyl (C=O) groups excluding carboxylic acids is 2. The number of ketones is 1. The van der Waals surface area contributed by atoms with Crippen molar-refractivity contribution >= 4 is 45.7 Å². The molecule has 1 amide bonds. The van der Waals surface area contributed by atoms with Crippen molar-refractivity contribution in [3.63, 3.8) is 0 Å². The lowest BCUT2D eigenvalue weighted by Gasteiger charge is -2.23. The molecule has 1 aliphatic rings. The Morgan fingerprint density at radius 3 is 2.50 bits per heavy atom. The molecule has 1 saturated heterocycles. The summed E-state index contributed by atoms with van der Waals surface area (Å²) in [6.07, 6.45) is 2.75. The van der Waals surface area contributed by atoms with Gasteiger partial charge in [0.2, 0.25) is 5.13 Å². The van der Waals surface area contributed by atoms with Gasteiger partial charge in [-0.05, 0) is 72.4 Å². The first-order valence-corrected chi connectivity index (χ1v) is 17.6. The molecule has 1 N–H and O–H groups in total. The normalized spacial score (nSPS) is 15.7. The van der Waals surface area contributed by atoms with Gasteiger partial charge in [0.25, 0.3) is 5.78 Å². The van der Waals surface area contributed by atoms with Crippen LogP contribution in [-0.4, -0.2) is 47.3 Å². The second kappa shape index (κ2) is 16.1. The summed E-state index contributed by atoms with van der Waals surface area (Å²) in [5, 5.41) is 20.2. The highest BCUT2D eigenvalue weighted by molar-refractivity contribution is 8.00. The Balaban J connectivity index is 1.53. The monoisotopic (exact) mass is 691 g/mol. The summed E-state index contributed by atoms with van der Waals surface area (Å²) >= 11 is 2.37. The Morgan fingerprint density at radius 2 is 1.79 bits per heavy atom. The largest absolute Gasteiger partial charge is 0.507 e. The van der Waals surface area contributed by atoms with E-state index in [9.17, 15) is 19.1 Å². The number of thioether (sulfide) groups is 1. The zero-order valence-electron chi connectivity index (χ0n) is 27.3. The molecule has 1 atom stereocenters. The number of hydrogen-bond donors (Lipinski definition) is 1. The Labute approximate surface area is 287 Å². The van der Waals surface area contributed by atoms with Crippen LogP contribution in [0.25, 0.3) is 5.76 Å². The maximum atomic E-state index is 14.2. The zero-order valence-corrected chi connectivity index (χ0v) is 28.9. The zero-order chi connectivity index (χ0) is 34.2. The number of carbonyl (C=O) groups is 2. The van der Waals surface area contributed by atoms with Crippen molar-refractivity contribution in [3.8, 4) is 17.2 Å². The Morgan fingerprint density at radius 1 is 1.02 bits per heavy atom. The van der Waals surface area contributed by atoms with E-state index in [0.29, 0.717) is 63.2 Å². The molecule has 1 fully saturated rings.